The van der Waals surface area contributed by atoms with Crippen LogP contribution in [0.25, 0.3) is 10.9 Å². The molecule has 0 unspecified atom stereocenters. The lowest BCUT2D eigenvalue weighted by molar-refractivity contribution is 0.565. The summed E-state index contributed by atoms with van der Waals surface area (Å²) in [5.74, 6) is 0. The highest BCUT2D eigenvalue weighted by Crippen LogP contribution is 2.20. The summed E-state index contributed by atoms with van der Waals surface area (Å²) in [6.07, 6.45) is 3.50. The number of rotatable bonds is 1. The molecule has 0 aliphatic heterocycles. The maximum Gasteiger partial charge on any atom is 0.240 e. The van der Waals surface area contributed by atoms with Crippen LogP contribution in [-0.2, 0) is 11.8 Å². The third kappa shape index (κ3) is 1.25. The lowest BCUT2D eigenvalue weighted by atomic mass is 10.2. The smallest absolute Gasteiger partial charge is 0.240 e. The molecule has 0 radical (unpaired) electrons. The highest BCUT2D eigenvalue weighted by atomic mass is 16.1. The Morgan fingerprint density at radius 1 is 1.38 bits per heavy atom. The monoisotopic (exact) mass is 172 g/mol. The Balaban J connectivity index is 2.72. The number of aliphatic imine (C=N–C) groups is 1. The zero-order valence-electron chi connectivity index (χ0n) is 7.19. The van der Waals surface area contributed by atoms with E-state index in [4.69, 9.17) is 0 Å². The molecule has 2 rings (SSSR count). The van der Waals surface area contributed by atoms with Gasteiger partial charge in [-0.25, -0.2) is 4.79 Å². The minimum atomic E-state index is 0.643. The van der Waals surface area contributed by atoms with Crippen molar-refractivity contribution in [3.8, 4) is 0 Å². The van der Waals surface area contributed by atoms with E-state index in [2.05, 4.69) is 4.99 Å². The van der Waals surface area contributed by atoms with E-state index in [1.54, 1.807) is 6.07 Å². The fourth-order valence-electron chi connectivity index (χ4n) is 1.37. The molecule has 3 heteroatoms. The molecular weight excluding hydrogens is 164 g/mol. The number of aromatic nitrogens is 1. The van der Waals surface area contributed by atoms with Crippen molar-refractivity contribution >= 4 is 22.7 Å². The van der Waals surface area contributed by atoms with Crippen LogP contribution in [0, 0.1) is 0 Å². The van der Waals surface area contributed by atoms with E-state index in [0.29, 0.717) is 5.69 Å². The predicted octanol–water partition coefficient (Wildman–Crippen LogP) is 2.15. The van der Waals surface area contributed by atoms with E-state index in [1.807, 2.05) is 36.0 Å². The van der Waals surface area contributed by atoms with Crippen LogP contribution in [-0.4, -0.2) is 10.6 Å². The van der Waals surface area contributed by atoms with Crippen molar-refractivity contribution in [2.75, 3.05) is 0 Å². The first-order chi connectivity index (χ1) is 6.31. The average molecular weight is 172 g/mol. The molecule has 0 atom stereocenters. The van der Waals surface area contributed by atoms with E-state index in [0.717, 1.165) is 10.9 Å². The van der Waals surface area contributed by atoms with Crippen LogP contribution >= 0.6 is 0 Å². The fourth-order valence-corrected chi connectivity index (χ4v) is 1.37. The van der Waals surface area contributed by atoms with Gasteiger partial charge < -0.3 is 4.57 Å². The summed E-state index contributed by atoms with van der Waals surface area (Å²) in [5.41, 5.74) is 1.71. The third-order valence-corrected chi connectivity index (χ3v) is 2.05. The topological polar surface area (TPSA) is 34.4 Å². The molecule has 0 saturated heterocycles. The number of hydrogen-bond donors (Lipinski definition) is 0. The Bertz CT molecular complexity index is 493. The van der Waals surface area contributed by atoms with Gasteiger partial charge in [0.15, 0.2) is 0 Å². The summed E-state index contributed by atoms with van der Waals surface area (Å²) in [4.78, 5) is 13.6. The van der Waals surface area contributed by atoms with Crippen molar-refractivity contribution in [2.24, 2.45) is 12.0 Å². The van der Waals surface area contributed by atoms with Crippen molar-refractivity contribution in [1.29, 1.82) is 0 Å². The van der Waals surface area contributed by atoms with Gasteiger partial charge in [0.05, 0.1) is 5.69 Å². The van der Waals surface area contributed by atoms with Crippen LogP contribution in [0.5, 0.6) is 0 Å². The van der Waals surface area contributed by atoms with Crippen LogP contribution in [0.3, 0.4) is 0 Å². The standard InChI is InChI=1S/C10H8N2O/c1-12-5-4-8-2-3-9(11-7-13)6-10(8)12/h2-6H,1H3. The van der Waals surface area contributed by atoms with Gasteiger partial charge in [-0.2, -0.15) is 4.99 Å². The predicted molar refractivity (Wildman–Crippen MR) is 50.7 cm³/mol. The van der Waals surface area contributed by atoms with E-state index in [1.165, 1.54) is 6.08 Å². The molecular formula is C10H8N2O. The highest BCUT2D eigenvalue weighted by Gasteiger charge is 1.97. The van der Waals surface area contributed by atoms with E-state index >= 15 is 0 Å². The van der Waals surface area contributed by atoms with E-state index in [-0.39, 0.29) is 0 Å². The minimum absolute atomic E-state index is 0.643. The molecule has 0 aliphatic rings. The van der Waals surface area contributed by atoms with Crippen molar-refractivity contribution in [3.05, 3.63) is 30.5 Å². The number of hydrogen-bond acceptors (Lipinski definition) is 2. The van der Waals surface area contributed by atoms with E-state index < -0.39 is 0 Å². The Morgan fingerprint density at radius 3 is 3.00 bits per heavy atom. The van der Waals surface area contributed by atoms with Gasteiger partial charge in [-0.15, -0.1) is 0 Å². The Labute approximate surface area is 75.3 Å². The third-order valence-electron chi connectivity index (χ3n) is 2.05. The Kier molecular flexibility index (Phi) is 1.72. The second-order valence-corrected chi connectivity index (χ2v) is 2.87. The average Bonchev–Trinajstić information content (AvgIpc) is 2.49. The normalized spacial score (nSPS) is 9.92. The van der Waals surface area contributed by atoms with Crippen LogP contribution in [0.4, 0.5) is 5.69 Å². The Morgan fingerprint density at radius 2 is 2.23 bits per heavy atom. The fraction of sp³-hybridized carbons (Fsp3) is 0.100. The van der Waals surface area contributed by atoms with Crippen LogP contribution < -0.4 is 0 Å². The van der Waals surface area contributed by atoms with Gasteiger partial charge in [-0.1, -0.05) is 6.07 Å². The van der Waals surface area contributed by atoms with Gasteiger partial charge in [0.25, 0.3) is 0 Å². The molecule has 0 amide bonds. The first-order valence-corrected chi connectivity index (χ1v) is 3.94. The molecule has 0 fully saturated rings. The van der Waals surface area contributed by atoms with Crippen molar-refractivity contribution in [1.82, 2.24) is 4.57 Å². The summed E-state index contributed by atoms with van der Waals surface area (Å²) >= 11 is 0. The number of benzene rings is 1. The van der Waals surface area contributed by atoms with Crippen molar-refractivity contribution < 1.29 is 4.79 Å². The lowest BCUT2D eigenvalue weighted by Gasteiger charge is -1.96. The molecule has 2 aromatic rings. The maximum atomic E-state index is 10.0. The number of carbonyl (C=O) groups excluding carboxylic acids is 1. The molecule has 1 aromatic carbocycles. The van der Waals surface area contributed by atoms with Crippen molar-refractivity contribution in [2.45, 2.75) is 0 Å². The van der Waals surface area contributed by atoms with Gasteiger partial charge in [0.2, 0.25) is 6.08 Å². The molecule has 0 spiro atoms. The second-order valence-electron chi connectivity index (χ2n) is 2.87. The number of nitrogens with zero attached hydrogens (tertiary/aromatic N) is 2. The summed E-state index contributed by atoms with van der Waals surface area (Å²) < 4.78 is 1.99. The molecule has 13 heavy (non-hydrogen) atoms. The highest BCUT2D eigenvalue weighted by molar-refractivity contribution is 5.83. The van der Waals surface area contributed by atoms with Gasteiger partial charge in [0, 0.05) is 18.8 Å². The molecule has 1 aromatic heterocycles. The van der Waals surface area contributed by atoms with Crippen molar-refractivity contribution in [3.63, 3.8) is 0 Å². The minimum Gasteiger partial charge on any atom is -0.350 e. The Hall–Kier alpha value is -1.86. The molecule has 64 valence electrons. The van der Waals surface area contributed by atoms with E-state index in [9.17, 15) is 4.79 Å². The molecule has 1 heterocycles. The largest absolute Gasteiger partial charge is 0.350 e. The molecule has 0 N–H and O–H groups in total. The number of aryl methyl sites for hydroxylation is 1. The van der Waals surface area contributed by atoms with Gasteiger partial charge >= 0.3 is 0 Å². The number of isocyanates is 1. The van der Waals surface area contributed by atoms with Gasteiger partial charge in [0.1, 0.15) is 0 Å². The summed E-state index contributed by atoms with van der Waals surface area (Å²) in [7, 11) is 1.96. The summed E-state index contributed by atoms with van der Waals surface area (Å²) in [6.45, 7) is 0. The first kappa shape index (κ1) is 7.77. The van der Waals surface area contributed by atoms with Crippen LogP contribution in [0.15, 0.2) is 35.5 Å². The van der Waals surface area contributed by atoms with Crippen LogP contribution in [0.1, 0.15) is 0 Å². The summed E-state index contributed by atoms with van der Waals surface area (Å²) in [5, 5.41) is 1.15. The molecule has 0 saturated carbocycles. The molecule has 3 nitrogen and oxygen atoms in total. The maximum absolute atomic E-state index is 10.0. The first-order valence-electron chi connectivity index (χ1n) is 3.94. The van der Waals surface area contributed by atoms with Gasteiger partial charge in [-0.3, -0.25) is 0 Å². The van der Waals surface area contributed by atoms with Gasteiger partial charge in [-0.05, 0) is 23.6 Å². The zero-order chi connectivity index (χ0) is 9.26. The molecule has 0 aliphatic carbocycles. The zero-order valence-corrected chi connectivity index (χ0v) is 7.19. The second kappa shape index (κ2) is 2.88. The number of fused-ring (bicyclic) bond motifs is 1. The molecule has 0 bridgehead atoms. The van der Waals surface area contributed by atoms with Crippen LogP contribution in [0.2, 0.25) is 0 Å². The quantitative estimate of drug-likeness (QED) is 0.479. The summed E-state index contributed by atoms with van der Waals surface area (Å²) in [6, 6.07) is 7.61. The SMILES string of the molecule is Cn1ccc2ccc(N=C=O)cc21. The lowest BCUT2D eigenvalue weighted by Crippen LogP contribution is -1.82.